The summed E-state index contributed by atoms with van der Waals surface area (Å²) in [5, 5.41) is 13.0. The molecule has 164 valence electrons. The number of carbonyl (C=O) groups is 1. The molecule has 1 heterocycles. The molecular formula is C24H21FN2O5. The highest BCUT2D eigenvalue weighted by molar-refractivity contribution is 6.06. The maximum Gasteiger partial charge on any atom is 0.307 e. The molecule has 0 radical (unpaired) electrons. The van der Waals surface area contributed by atoms with Crippen molar-refractivity contribution in [3.63, 3.8) is 0 Å². The smallest absolute Gasteiger partial charge is 0.307 e. The molecule has 0 aliphatic heterocycles. The molecule has 0 saturated heterocycles. The molecule has 8 heteroatoms. The van der Waals surface area contributed by atoms with Crippen molar-refractivity contribution in [2.24, 2.45) is 0 Å². The summed E-state index contributed by atoms with van der Waals surface area (Å²) in [5.41, 5.74) is 4.77. The number of ether oxygens (including phenoxy) is 2. The highest BCUT2D eigenvalue weighted by Gasteiger charge is 2.25. The number of nitrogens with one attached hydrogen (secondary N) is 1. The van der Waals surface area contributed by atoms with Gasteiger partial charge in [0.25, 0.3) is 5.89 Å². The average molecular weight is 436 g/mol. The van der Waals surface area contributed by atoms with E-state index < -0.39 is 5.91 Å². The molecule has 2 N–H and O–H groups in total. The number of nitrogens with zero attached hydrogens (tertiary/aromatic N) is 1. The topological polar surface area (TPSA) is 93.8 Å². The monoisotopic (exact) mass is 436 g/mol. The van der Waals surface area contributed by atoms with Crippen molar-refractivity contribution in [1.29, 1.82) is 0 Å². The van der Waals surface area contributed by atoms with Crippen LogP contribution >= 0.6 is 0 Å². The molecule has 4 rings (SSSR count). The minimum Gasteiger partial charge on any atom is -0.502 e. The van der Waals surface area contributed by atoms with Crippen LogP contribution < -0.4 is 14.8 Å². The molecule has 0 bridgehead atoms. The molecule has 1 amide bonds. The molecule has 0 atom stereocenters. The van der Waals surface area contributed by atoms with Crippen molar-refractivity contribution in [2.45, 2.75) is 6.92 Å². The molecule has 0 unspecified atom stereocenters. The summed E-state index contributed by atoms with van der Waals surface area (Å²) in [6.07, 6.45) is 4.61. The summed E-state index contributed by atoms with van der Waals surface area (Å²) < 4.78 is 29.6. The number of fused-ring (bicyclic) bond motifs is 1. The lowest BCUT2D eigenvalue weighted by molar-refractivity contribution is 0.0924. The second-order valence-electron chi connectivity index (χ2n) is 7.15. The first-order valence-electron chi connectivity index (χ1n) is 9.77. The zero-order valence-corrected chi connectivity index (χ0v) is 17.7. The van der Waals surface area contributed by atoms with Crippen molar-refractivity contribution < 1.29 is 28.2 Å². The van der Waals surface area contributed by atoms with Crippen LogP contribution in [0.15, 0.2) is 52.8 Å². The van der Waals surface area contributed by atoms with E-state index in [9.17, 15) is 14.3 Å². The predicted octanol–water partition coefficient (Wildman–Crippen LogP) is 4.29. The lowest BCUT2D eigenvalue weighted by Crippen LogP contribution is -2.25. The zero-order chi connectivity index (χ0) is 22.8. The maximum absolute atomic E-state index is 14.1. The lowest BCUT2D eigenvalue weighted by atomic mass is 10.00. The number of amides is 1. The van der Waals surface area contributed by atoms with Gasteiger partial charge in [-0.25, -0.2) is 9.37 Å². The molecule has 1 aliphatic carbocycles. The normalized spacial score (nSPS) is 13.9. The van der Waals surface area contributed by atoms with E-state index in [4.69, 9.17) is 13.9 Å². The Balaban J connectivity index is 1.75. The molecule has 3 aromatic rings. The molecular weight excluding hydrogens is 415 g/mol. The molecule has 0 spiro atoms. The van der Waals surface area contributed by atoms with Crippen LogP contribution in [-0.4, -0.2) is 36.8 Å². The molecule has 1 aliphatic rings. The van der Waals surface area contributed by atoms with Crippen LogP contribution in [0.5, 0.6) is 17.2 Å². The fourth-order valence-corrected chi connectivity index (χ4v) is 3.73. The number of methoxy groups -OCH3 is 2. The second kappa shape index (κ2) is 8.58. The first-order chi connectivity index (χ1) is 15.4. The van der Waals surface area contributed by atoms with Crippen LogP contribution in [0.2, 0.25) is 0 Å². The van der Waals surface area contributed by atoms with Crippen molar-refractivity contribution in [1.82, 2.24) is 10.3 Å². The highest BCUT2D eigenvalue weighted by Crippen LogP contribution is 2.44. The number of phenolic OH excluding ortho intramolecular Hbond substituents is 1. The minimum absolute atomic E-state index is 0.0419. The summed E-state index contributed by atoms with van der Waals surface area (Å²) in [5.74, 6) is -0.420. The second-order valence-corrected chi connectivity index (χ2v) is 7.15. The number of hydrogen-bond acceptors (Lipinski definition) is 6. The van der Waals surface area contributed by atoms with Gasteiger partial charge in [0.15, 0.2) is 11.5 Å². The van der Waals surface area contributed by atoms with Crippen LogP contribution in [0.4, 0.5) is 4.39 Å². The third-order valence-electron chi connectivity index (χ3n) is 5.32. The van der Waals surface area contributed by atoms with Crippen LogP contribution in [0.25, 0.3) is 17.2 Å². The quantitative estimate of drug-likeness (QED) is 0.599. The van der Waals surface area contributed by atoms with Gasteiger partial charge in [0.1, 0.15) is 12.1 Å². The van der Waals surface area contributed by atoms with Gasteiger partial charge >= 0.3 is 5.91 Å². The largest absolute Gasteiger partial charge is 0.502 e. The average Bonchev–Trinajstić information content (AvgIpc) is 3.41. The fraction of sp³-hybridized carbons (Fsp3) is 0.167. The Morgan fingerprint density at radius 2 is 1.91 bits per heavy atom. The Labute approximate surface area is 183 Å². The summed E-state index contributed by atoms with van der Waals surface area (Å²) in [7, 11) is 2.91. The van der Waals surface area contributed by atoms with Crippen LogP contribution in [0.3, 0.4) is 0 Å². The summed E-state index contributed by atoms with van der Waals surface area (Å²) in [6.45, 7) is 2.08. The number of oxazole rings is 1. The molecule has 7 nitrogen and oxygen atoms in total. The van der Waals surface area contributed by atoms with E-state index in [-0.39, 0.29) is 35.5 Å². The molecule has 2 aromatic carbocycles. The fourth-order valence-electron chi connectivity index (χ4n) is 3.73. The standard InChI is InChI=1S/C24H21FN2O5/c1-13-17(8-14-9-20(30-2)22(28)21(10-14)31-3)16-5-4-15(25)11-18(16)19(13)12-27-23(29)24-26-6-7-32-24/h4-11,28H,12H2,1-3H3,(H,27,29)/b17-8-. The van der Waals surface area contributed by atoms with Gasteiger partial charge in [-0.2, -0.15) is 0 Å². The number of hydrogen-bond donors (Lipinski definition) is 2. The van der Waals surface area contributed by atoms with Crippen molar-refractivity contribution in [3.8, 4) is 17.2 Å². The van der Waals surface area contributed by atoms with Gasteiger partial charge in [0.2, 0.25) is 5.75 Å². The van der Waals surface area contributed by atoms with E-state index in [1.165, 1.54) is 38.8 Å². The van der Waals surface area contributed by atoms with E-state index in [1.807, 2.05) is 13.0 Å². The third kappa shape index (κ3) is 3.82. The number of aromatic hydroxyl groups is 1. The van der Waals surface area contributed by atoms with Crippen LogP contribution in [-0.2, 0) is 0 Å². The summed E-state index contributed by atoms with van der Waals surface area (Å²) in [6, 6.07) is 7.92. The van der Waals surface area contributed by atoms with Gasteiger partial charge < -0.3 is 24.3 Å². The molecule has 0 fully saturated rings. The van der Waals surface area contributed by atoms with Gasteiger partial charge in [-0.1, -0.05) is 6.07 Å². The molecule has 32 heavy (non-hydrogen) atoms. The van der Waals surface area contributed by atoms with E-state index in [2.05, 4.69) is 10.3 Å². The molecule has 1 aromatic heterocycles. The maximum atomic E-state index is 14.1. The number of aromatic nitrogens is 1. The van der Waals surface area contributed by atoms with Crippen LogP contribution in [0.1, 0.15) is 34.3 Å². The predicted molar refractivity (Wildman–Crippen MR) is 117 cm³/mol. The first-order valence-corrected chi connectivity index (χ1v) is 9.77. The summed E-state index contributed by atoms with van der Waals surface area (Å²) in [4.78, 5) is 16.1. The van der Waals surface area contributed by atoms with Gasteiger partial charge in [-0.15, -0.1) is 0 Å². The lowest BCUT2D eigenvalue weighted by Gasteiger charge is -2.11. The molecule has 0 saturated carbocycles. The third-order valence-corrected chi connectivity index (χ3v) is 5.32. The van der Waals surface area contributed by atoms with E-state index in [1.54, 1.807) is 18.2 Å². The zero-order valence-electron chi connectivity index (χ0n) is 17.7. The number of rotatable bonds is 6. The van der Waals surface area contributed by atoms with Gasteiger partial charge in [-0.3, -0.25) is 4.79 Å². The Kier molecular flexibility index (Phi) is 5.68. The highest BCUT2D eigenvalue weighted by atomic mass is 19.1. The van der Waals surface area contributed by atoms with Crippen LogP contribution in [0, 0.1) is 5.82 Å². The number of carbonyl (C=O) groups excluding carboxylic acids is 1. The van der Waals surface area contributed by atoms with E-state index in [0.717, 1.165) is 27.8 Å². The Morgan fingerprint density at radius 1 is 1.19 bits per heavy atom. The number of allylic oxidation sites excluding steroid dienone is 2. The van der Waals surface area contributed by atoms with Crippen molar-refractivity contribution >= 4 is 23.1 Å². The SMILES string of the molecule is COc1cc(/C=C2/C(C)=C(CNC(=O)c3ncco3)c3cc(F)ccc32)cc(OC)c1O. The van der Waals surface area contributed by atoms with Crippen molar-refractivity contribution in [2.75, 3.05) is 20.8 Å². The minimum atomic E-state index is -0.460. The van der Waals surface area contributed by atoms with Gasteiger partial charge in [0.05, 0.1) is 20.4 Å². The van der Waals surface area contributed by atoms with Gasteiger partial charge in [-0.05, 0) is 70.7 Å². The first kappa shape index (κ1) is 21.2. The van der Waals surface area contributed by atoms with Gasteiger partial charge in [0, 0.05) is 6.54 Å². The number of benzene rings is 2. The Morgan fingerprint density at radius 3 is 2.53 bits per heavy atom. The van der Waals surface area contributed by atoms with Crippen molar-refractivity contribution in [3.05, 3.63) is 76.8 Å². The van der Waals surface area contributed by atoms with E-state index >= 15 is 0 Å². The summed E-state index contributed by atoms with van der Waals surface area (Å²) >= 11 is 0. The number of phenols is 1. The number of halogens is 1. The van der Waals surface area contributed by atoms with E-state index in [0.29, 0.717) is 5.56 Å². The Bertz CT molecular complexity index is 1220. The Hall–Kier alpha value is -4.07.